The van der Waals surface area contributed by atoms with Crippen LogP contribution in [0.4, 0.5) is 5.69 Å². The average molecular weight is 414 g/mol. The number of aryl methyl sites for hydroxylation is 1. The Balaban J connectivity index is 1.84. The molecule has 6 N–H and O–H groups in total. The number of aromatic hydroxyl groups is 1. The predicted molar refractivity (Wildman–Crippen MR) is 102 cm³/mol. The van der Waals surface area contributed by atoms with Gasteiger partial charge in [0.2, 0.25) is 5.91 Å². The van der Waals surface area contributed by atoms with Crippen molar-refractivity contribution in [2.45, 2.75) is 38.2 Å². The molecular formula is C21H22N2O7. The molecule has 2 fully saturated rings. The molecule has 2 unspecified atom stereocenters. The van der Waals surface area contributed by atoms with Gasteiger partial charge in [-0.25, -0.2) is 0 Å². The summed E-state index contributed by atoms with van der Waals surface area (Å²) in [5.74, 6) is -10.2. The molecule has 0 radical (unpaired) electrons. The molecule has 0 spiro atoms. The Morgan fingerprint density at radius 1 is 1.20 bits per heavy atom. The van der Waals surface area contributed by atoms with Crippen LogP contribution in [0, 0.1) is 23.7 Å². The van der Waals surface area contributed by atoms with Crippen LogP contribution in [0.15, 0.2) is 6.07 Å². The first-order valence-electron chi connectivity index (χ1n) is 9.84. The van der Waals surface area contributed by atoms with E-state index in [0.29, 0.717) is 12.0 Å². The lowest BCUT2D eigenvalue weighted by molar-refractivity contribution is -0.175. The van der Waals surface area contributed by atoms with Gasteiger partial charge >= 0.3 is 0 Å². The highest BCUT2D eigenvalue weighted by Gasteiger charge is 2.66. The van der Waals surface area contributed by atoms with E-state index >= 15 is 0 Å². The number of amides is 1. The molecule has 158 valence electrons. The minimum atomic E-state index is -2.63. The molecule has 9 heteroatoms. The van der Waals surface area contributed by atoms with Crippen LogP contribution in [0.2, 0.25) is 0 Å². The van der Waals surface area contributed by atoms with E-state index in [1.54, 1.807) is 6.07 Å². The zero-order valence-electron chi connectivity index (χ0n) is 16.3. The number of carbonyl (C=O) groups is 5. The number of anilines is 1. The number of aliphatic hydroxyl groups is 1. The van der Waals surface area contributed by atoms with Crippen LogP contribution in [-0.4, -0.2) is 44.9 Å². The molecule has 4 rings (SSSR count). The number of phenolic OH excluding ortho intramolecular Hbond substituents is 1. The molecule has 0 aliphatic heterocycles. The first kappa shape index (κ1) is 20.2. The Morgan fingerprint density at radius 3 is 2.47 bits per heavy atom. The molecular weight excluding hydrogens is 392 g/mol. The highest BCUT2D eigenvalue weighted by Crippen LogP contribution is 2.50. The number of phenols is 1. The summed E-state index contributed by atoms with van der Waals surface area (Å²) >= 11 is 0. The van der Waals surface area contributed by atoms with Crippen molar-refractivity contribution in [3.05, 3.63) is 22.8 Å². The maximum atomic E-state index is 13.3. The van der Waals surface area contributed by atoms with Crippen molar-refractivity contribution >= 4 is 34.7 Å². The molecule has 1 aromatic rings. The summed E-state index contributed by atoms with van der Waals surface area (Å²) in [5.41, 5.74) is 9.65. The number of carbonyl (C=O) groups excluding carboxylic acids is 5. The van der Waals surface area contributed by atoms with Gasteiger partial charge < -0.3 is 21.7 Å². The van der Waals surface area contributed by atoms with Crippen LogP contribution in [0.3, 0.4) is 0 Å². The minimum absolute atomic E-state index is 0.00498. The topological polar surface area (TPSA) is 178 Å². The van der Waals surface area contributed by atoms with Crippen molar-refractivity contribution in [3.63, 3.8) is 0 Å². The van der Waals surface area contributed by atoms with Crippen LogP contribution >= 0.6 is 0 Å². The summed E-state index contributed by atoms with van der Waals surface area (Å²) in [6, 6.07) is 1.59. The first-order valence-corrected chi connectivity index (χ1v) is 9.84. The number of rotatable bonds is 2. The van der Waals surface area contributed by atoms with Gasteiger partial charge in [0.25, 0.3) is 0 Å². The lowest BCUT2D eigenvalue weighted by Crippen LogP contribution is -2.68. The van der Waals surface area contributed by atoms with Gasteiger partial charge in [-0.05, 0) is 42.4 Å². The molecule has 5 atom stereocenters. The second kappa shape index (κ2) is 6.46. The standard InChI is InChI=1S/C21H22N2O7/c1-2-7-5-11(22)16(25)14-10(7)4-8-3-9-6-12(24)15(20(23)29)19(28)21(9,30)18(27)13(8)17(14)26/h5,8-9,13,15,25,30H,2-4,6,22H2,1H3,(H2,23,29)/t8-,9+,13?,15?,21+/m1/s1. The zero-order chi connectivity index (χ0) is 22.1. The van der Waals surface area contributed by atoms with E-state index in [1.807, 2.05) is 6.92 Å². The van der Waals surface area contributed by atoms with Crippen molar-refractivity contribution in [2.75, 3.05) is 5.73 Å². The van der Waals surface area contributed by atoms with Crippen molar-refractivity contribution in [1.82, 2.24) is 0 Å². The molecule has 0 bridgehead atoms. The summed E-state index contributed by atoms with van der Waals surface area (Å²) in [5, 5.41) is 21.5. The molecule has 2 saturated carbocycles. The highest BCUT2D eigenvalue weighted by molar-refractivity contribution is 6.31. The maximum Gasteiger partial charge on any atom is 0.235 e. The third kappa shape index (κ3) is 2.41. The van der Waals surface area contributed by atoms with E-state index in [1.165, 1.54) is 0 Å². The van der Waals surface area contributed by atoms with E-state index in [4.69, 9.17) is 11.5 Å². The number of Topliss-reactive ketones (excluding diaryl/α,β-unsaturated/α-hetero) is 4. The third-order valence-electron chi connectivity index (χ3n) is 6.90. The van der Waals surface area contributed by atoms with Gasteiger partial charge in [-0.15, -0.1) is 0 Å². The molecule has 0 aromatic heterocycles. The highest BCUT2D eigenvalue weighted by atomic mass is 16.3. The summed E-state index contributed by atoms with van der Waals surface area (Å²) < 4.78 is 0. The van der Waals surface area contributed by atoms with Gasteiger partial charge in [0.1, 0.15) is 5.75 Å². The monoisotopic (exact) mass is 414 g/mol. The number of primary amides is 1. The predicted octanol–water partition coefficient (Wildman–Crippen LogP) is -0.528. The van der Waals surface area contributed by atoms with E-state index in [0.717, 1.165) is 5.56 Å². The van der Waals surface area contributed by atoms with Gasteiger partial charge in [0, 0.05) is 12.3 Å². The second-order valence-corrected chi connectivity index (χ2v) is 8.42. The van der Waals surface area contributed by atoms with E-state index < -0.39 is 64.1 Å². The summed E-state index contributed by atoms with van der Waals surface area (Å²) in [6.45, 7) is 1.87. The molecule has 1 aromatic carbocycles. The second-order valence-electron chi connectivity index (χ2n) is 8.42. The largest absolute Gasteiger partial charge is 0.505 e. The maximum absolute atomic E-state index is 13.3. The molecule has 3 aliphatic carbocycles. The lowest BCUT2D eigenvalue weighted by Gasteiger charge is -2.48. The fraction of sp³-hybridized carbons (Fsp3) is 0.476. The molecule has 0 heterocycles. The number of hydrogen-bond donors (Lipinski definition) is 4. The Labute approximate surface area is 171 Å². The van der Waals surface area contributed by atoms with Crippen LogP contribution in [-0.2, 0) is 32.0 Å². The number of nitrogens with two attached hydrogens (primary N) is 2. The van der Waals surface area contributed by atoms with Crippen molar-refractivity contribution < 1.29 is 34.2 Å². The summed E-state index contributed by atoms with van der Waals surface area (Å²) in [4.78, 5) is 63.3. The normalized spacial score (nSPS) is 33.0. The molecule has 3 aliphatic rings. The Hall–Kier alpha value is -3.07. The first-order chi connectivity index (χ1) is 14.0. The van der Waals surface area contributed by atoms with Gasteiger partial charge in [-0.2, -0.15) is 0 Å². The molecule has 0 saturated heterocycles. The number of hydrogen-bond acceptors (Lipinski definition) is 8. The van der Waals surface area contributed by atoms with E-state index in [-0.39, 0.29) is 30.5 Å². The number of ketones is 4. The van der Waals surface area contributed by atoms with Gasteiger partial charge in [0.05, 0.1) is 17.2 Å². The van der Waals surface area contributed by atoms with Crippen LogP contribution < -0.4 is 11.5 Å². The average Bonchev–Trinajstić information content (AvgIpc) is 2.67. The fourth-order valence-electron chi connectivity index (χ4n) is 5.45. The van der Waals surface area contributed by atoms with Crippen LogP contribution in [0.5, 0.6) is 5.75 Å². The number of nitrogen functional groups attached to an aromatic ring is 1. The van der Waals surface area contributed by atoms with Gasteiger partial charge in [-0.3, -0.25) is 24.0 Å². The third-order valence-corrected chi connectivity index (χ3v) is 6.90. The Morgan fingerprint density at radius 2 is 1.87 bits per heavy atom. The molecule has 30 heavy (non-hydrogen) atoms. The Bertz CT molecular complexity index is 1050. The summed E-state index contributed by atoms with van der Waals surface area (Å²) in [7, 11) is 0. The van der Waals surface area contributed by atoms with Crippen LogP contribution in [0.25, 0.3) is 0 Å². The number of benzene rings is 1. The SMILES string of the molecule is CCc1cc(N)c(O)c2c1C[C@H]1C[C@H]3CC(=O)C(C(N)=O)C(=O)[C@@]3(O)C(=O)C1C2=O. The lowest BCUT2D eigenvalue weighted by atomic mass is 9.53. The van der Waals surface area contributed by atoms with E-state index in [2.05, 4.69) is 0 Å². The fourth-order valence-corrected chi connectivity index (χ4v) is 5.45. The Kier molecular flexibility index (Phi) is 4.36. The quantitative estimate of drug-likeness (QED) is 0.283. The summed E-state index contributed by atoms with van der Waals surface area (Å²) in [6.07, 6.45) is 0.549. The van der Waals surface area contributed by atoms with E-state index in [9.17, 15) is 34.2 Å². The minimum Gasteiger partial charge on any atom is -0.505 e. The van der Waals surface area contributed by atoms with Crippen molar-refractivity contribution in [1.29, 1.82) is 0 Å². The molecule has 1 amide bonds. The molecule has 9 nitrogen and oxygen atoms in total. The smallest absolute Gasteiger partial charge is 0.235 e. The van der Waals surface area contributed by atoms with Gasteiger partial charge in [0.15, 0.2) is 34.7 Å². The van der Waals surface area contributed by atoms with Crippen molar-refractivity contribution in [2.24, 2.45) is 29.4 Å². The van der Waals surface area contributed by atoms with Gasteiger partial charge in [-0.1, -0.05) is 6.92 Å². The van der Waals surface area contributed by atoms with Crippen LogP contribution in [0.1, 0.15) is 41.3 Å². The van der Waals surface area contributed by atoms with Crippen molar-refractivity contribution in [3.8, 4) is 5.75 Å². The number of fused-ring (bicyclic) bond motifs is 3. The zero-order valence-corrected chi connectivity index (χ0v) is 16.3.